The number of para-hydroxylation sites is 1. The summed E-state index contributed by atoms with van der Waals surface area (Å²) in [4.78, 5) is 21.7. The number of nitro groups is 1. The van der Waals surface area contributed by atoms with Crippen molar-refractivity contribution in [2.45, 2.75) is 33.6 Å². The molecule has 0 bridgehead atoms. The lowest BCUT2D eigenvalue weighted by Crippen LogP contribution is -2.28. The van der Waals surface area contributed by atoms with E-state index in [1.807, 2.05) is 20.8 Å². The summed E-state index contributed by atoms with van der Waals surface area (Å²) in [6.07, 6.45) is 0.787. The molecule has 0 amide bonds. The number of carboxylic acids is 1. The number of carboxylic acid groups (broad SMARTS) is 1. The Kier molecular flexibility index (Phi) is 4.64. The Morgan fingerprint density at radius 2 is 1.95 bits per heavy atom. The molecular formula is C14H19NO4. The van der Waals surface area contributed by atoms with E-state index in [2.05, 4.69) is 0 Å². The Hall–Kier alpha value is -1.91. The fourth-order valence-corrected chi connectivity index (χ4v) is 2.13. The molecule has 0 aliphatic heterocycles. The molecule has 1 N–H and O–H groups in total. The highest BCUT2D eigenvalue weighted by atomic mass is 16.6. The summed E-state index contributed by atoms with van der Waals surface area (Å²) in [6.45, 7) is 5.60. The Bertz CT molecular complexity index is 477. The van der Waals surface area contributed by atoms with Gasteiger partial charge >= 0.3 is 5.97 Å². The van der Waals surface area contributed by atoms with Crippen molar-refractivity contribution in [2.24, 2.45) is 11.3 Å². The summed E-state index contributed by atoms with van der Waals surface area (Å²) in [6, 6.07) is 6.47. The molecule has 5 heteroatoms. The molecule has 0 heterocycles. The van der Waals surface area contributed by atoms with Gasteiger partial charge < -0.3 is 5.11 Å². The van der Waals surface area contributed by atoms with Crippen LogP contribution in [-0.2, 0) is 11.2 Å². The van der Waals surface area contributed by atoms with Crippen LogP contribution >= 0.6 is 0 Å². The van der Waals surface area contributed by atoms with Crippen LogP contribution in [0.4, 0.5) is 5.69 Å². The van der Waals surface area contributed by atoms with Crippen LogP contribution in [0.5, 0.6) is 0 Å². The zero-order valence-electron chi connectivity index (χ0n) is 11.4. The molecule has 0 aliphatic rings. The first-order valence-corrected chi connectivity index (χ1v) is 6.18. The molecule has 0 aromatic heterocycles. The Labute approximate surface area is 112 Å². The number of hydrogen-bond acceptors (Lipinski definition) is 3. The van der Waals surface area contributed by atoms with Crippen LogP contribution in [0, 0.1) is 21.4 Å². The van der Waals surface area contributed by atoms with Crippen molar-refractivity contribution in [3.8, 4) is 0 Å². The summed E-state index contributed by atoms with van der Waals surface area (Å²) in [7, 11) is 0. The molecule has 5 nitrogen and oxygen atoms in total. The number of nitro benzene ring substituents is 1. The summed E-state index contributed by atoms with van der Waals surface area (Å²) in [5.74, 6) is -1.38. The lowest BCUT2D eigenvalue weighted by molar-refractivity contribution is -0.385. The van der Waals surface area contributed by atoms with E-state index < -0.39 is 16.8 Å². The number of nitrogens with zero attached hydrogens (tertiary/aromatic N) is 1. The molecule has 1 atom stereocenters. The second-order valence-electron chi connectivity index (χ2n) is 5.68. The van der Waals surface area contributed by atoms with Crippen molar-refractivity contribution in [1.29, 1.82) is 0 Å². The molecule has 104 valence electrons. The van der Waals surface area contributed by atoms with Crippen molar-refractivity contribution >= 4 is 11.7 Å². The van der Waals surface area contributed by atoms with Crippen molar-refractivity contribution in [3.63, 3.8) is 0 Å². The van der Waals surface area contributed by atoms with Crippen LogP contribution in [0.1, 0.15) is 32.8 Å². The molecule has 1 aromatic carbocycles. The van der Waals surface area contributed by atoms with E-state index in [9.17, 15) is 20.0 Å². The van der Waals surface area contributed by atoms with Crippen LogP contribution in [0.2, 0.25) is 0 Å². The summed E-state index contributed by atoms with van der Waals surface area (Å²) >= 11 is 0. The van der Waals surface area contributed by atoms with Gasteiger partial charge in [0.2, 0.25) is 0 Å². The predicted octanol–water partition coefficient (Wildman–Crippen LogP) is 3.27. The monoisotopic (exact) mass is 265 g/mol. The van der Waals surface area contributed by atoms with Gasteiger partial charge in [0.25, 0.3) is 5.69 Å². The predicted molar refractivity (Wildman–Crippen MR) is 72.0 cm³/mol. The number of carbonyl (C=O) groups is 1. The lowest BCUT2D eigenvalue weighted by atomic mass is 9.77. The van der Waals surface area contributed by atoms with E-state index in [4.69, 9.17) is 0 Å². The number of aryl methyl sites for hydroxylation is 1. The maximum atomic E-state index is 11.3. The van der Waals surface area contributed by atoms with Gasteiger partial charge in [-0.15, -0.1) is 0 Å². The Balaban J connectivity index is 2.87. The first-order chi connectivity index (χ1) is 8.73. The normalized spacial score (nSPS) is 13.0. The molecule has 0 spiro atoms. The van der Waals surface area contributed by atoms with Gasteiger partial charge in [0, 0.05) is 11.6 Å². The van der Waals surface area contributed by atoms with Crippen molar-refractivity contribution < 1.29 is 14.8 Å². The number of aliphatic carboxylic acids is 1. The Morgan fingerprint density at radius 1 is 1.37 bits per heavy atom. The van der Waals surface area contributed by atoms with Gasteiger partial charge in [-0.2, -0.15) is 0 Å². The van der Waals surface area contributed by atoms with Crippen molar-refractivity contribution in [1.82, 2.24) is 0 Å². The zero-order chi connectivity index (χ0) is 14.6. The van der Waals surface area contributed by atoms with E-state index in [-0.39, 0.29) is 11.1 Å². The van der Waals surface area contributed by atoms with E-state index in [0.29, 0.717) is 18.4 Å². The van der Waals surface area contributed by atoms with Crippen LogP contribution in [0.25, 0.3) is 0 Å². The second kappa shape index (κ2) is 5.82. The van der Waals surface area contributed by atoms with Gasteiger partial charge in [-0.1, -0.05) is 39.0 Å². The smallest absolute Gasteiger partial charge is 0.307 e. The maximum Gasteiger partial charge on any atom is 0.307 e. The van der Waals surface area contributed by atoms with Crippen LogP contribution in [0.3, 0.4) is 0 Å². The minimum atomic E-state index is -0.855. The SMILES string of the molecule is CC(C)(C)C(CCc1ccccc1[N+](=O)[O-])C(=O)O. The topological polar surface area (TPSA) is 80.4 Å². The van der Waals surface area contributed by atoms with Gasteiger partial charge in [-0.05, 0) is 18.3 Å². The fourth-order valence-electron chi connectivity index (χ4n) is 2.13. The van der Waals surface area contributed by atoms with Gasteiger partial charge in [-0.25, -0.2) is 0 Å². The van der Waals surface area contributed by atoms with Gasteiger partial charge in [-0.3, -0.25) is 14.9 Å². The zero-order valence-corrected chi connectivity index (χ0v) is 11.4. The molecule has 0 fully saturated rings. The third-order valence-corrected chi connectivity index (χ3v) is 3.23. The minimum Gasteiger partial charge on any atom is -0.481 e. The highest BCUT2D eigenvalue weighted by Gasteiger charge is 2.31. The summed E-state index contributed by atoms with van der Waals surface area (Å²) in [5.41, 5.74) is 0.276. The number of benzene rings is 1. The third kappa shape index (κ3) is 4.05. The maximum absolute atomic E-state index is 11.3. The molecule has 0 saturated carbocycles. The molecule has 0 radical (unpaired) electrons. The van der Waals surface area contributed by atoms with Crippen LogP contribution in [0.15, 0.2) is 24.3 Å². The van der Waals surface area contributed by atoms with Crippen molar-refractivity contribution in [2.75, 3.05) is 0 Å². The van der Waals surface area contributed by atoms with Gasteiger partial charge in [0.1, 0.15) is 0 Å². The fraction of sp³-hybridized carbons (Fsp3) is 0.500. The van der Waals surface area contributed by atoms with E-state index in [1.165, 1.54) is 6.07 Å². The van der Waals surface area contributed by atoms with E-state index >= 15 is 0 Å². The van der Waals surface area contributed by atoms with Crippen LogP contribution < -0.4 is 0 Å². The molecule has 19 heavy (non-hydrogen) atoms. The third-order valence-electron chi connectivity index (χ3n) is 3.23. The van der Waals surface area contributed by atoms with E-state index in [1.54, 1.807) is 18.2 Å². The van der Waals surface area contributed by atoms with Crippen LogP contribution in [-0.4, -0.2) is 16.0 Å². The molecule has 1 rings (SSSR count). The molecular weight excluding hydrogens is 246 g/mol. The first kappa shape index (κ1) is 15.1. The minimum absolute atomic E-state index is 0.0561. The summed E-state index contributed by atoms with van der Waals surface area (Å²) < 4.78 is 0. The standard InChI is InChI=1S/C14H19NO4/c1-14(2,3)11(13(16)17)9-8-10-6-4-5-7-12(10)15(18)19/h4-7,11H,8-9H2,1-3H3,(H,16,17). The number of rotatable bonds is 5. The van der Waals surface area contributed by atoms with Gasteiger partial charge in [0.05, 0.1) is 10.8 Å². The number of hydrogen-bond donors (Lipinski definition) is 1. The highest BCUT2D eigenvalue weighted by Crippen LogP contribution is 2.31. The molecule has 1 aromatic rings. The molecule has 0 saturated heterocycles. The molecule has 1 unspecified atom stereocenters. The lowest BCUT2D eigenvalue weighted by Gasteiger charge is -2.26. The molecule has 0 aliphatic carbocycles. The Morgan fingerprint density at radius 3 is 2.42 bits per heavy atom. The largest absolute Gasteiger partial charge is 0.481 e. The summed E-state index contributed by atoms with van der Waals surface area (Å²) in [5, 5.41) is 20.1. The quantitative estimate of drug-likeness (QED) is 0.654. The van der Waals surface area contributed by atoms with E-state index in [0.717, 1.165) is 0 Å². The first-order valence-electron chi connectivity index (χ1n) is 6.18. The highest BCUT2D eigenvalue weighted by molar-refractivity contribution is 5.70. The average Bonchev–Trinajstić information content (AvgIpc) is 2.27. The average molecular weight is 265 g/mol. The van der Waals surface area contributed by atoms with Crippen molar-refractivity contribution in [3.05, 3.63) is 39.9 Å². The second-order valence-corrected chi connectivity index (χ2v) is 5.68. The van der Waals surface area contributed by atoms with Gasteiger partial charge in [0.15, 0.2) is 0 Å².